The number of hydrogen-bond donors (Lipinski definition) is 3. The highest BCUT2D eigenvalue weighted by atomic mass is 35.5. The van der Waals surface area contributed by atoms with E-state index in [1.165, 1.54) is 0 Å². The molecule has 3 N–H and O–H groups in total. The van der Waals surface area contributed by atoms with Gasteiger partial charge in [0.1, 0.15) is 5.75 Å². The highest BCUT2D eigenvalue weighted by molar-refractivity contribution is 6.32. The number of carbonyl (C=O) groups is 2. The van der Waals surface area contributed by atoms with Crippen LogP contribution < -0.4 is 10.1 Å². The van der Waals surface area contributed by atoms with Crippen LogP contribution in [0.2, 0.25) is 5.02 Å². The number of halogens is 1. The number of benzene rings is 1. The van der Waals surface area contributed by atoms with Gasteiger partial charge in [-0.25, -0.2) is 4.79 Å². The van der Waals surface area contributed by atoms with Crippen LogP contribution in [0, 0.1) is 0 Å². The molecule has 6 nitrogen and oxygen atoms in total. The monoisotopic (exact) mass is 315 g/mol. The molecule has 0 saturated heterocycles. The number of amides is 1. The smallest absolute Gasteiger partial charge is 0.337 e. The van der Waals surface area contributed by atoms with Crippen LogP contribution in [0.25, 0.3) is 0 Å². The zero-order valence-electron chi connectivity index (χ0n) is 11.9. The Labute approximate surface area is 127 Å². The van der Waals surface area contributed by atoms with Gasteiger partial charge in [0.05, 0.1) is 24.6 Å². The average Bonchev–Trinajstić information content (AvgIpc) is 2.40. The predicted octanol–water partition coefficient (Wildman–Crippen LogP) is 1.23. The van der Waals surface area contributed by atoms with E-state index < -0.39 is 17.5 Å². The number of nitrogens with one attached hydrogen (secondary N) is 1. The van der Waals surface area contributed by atoms with Crippen molar-refractivity contribution in [1.29, 1.82) is 0 Å². The number of carbonyl (C=O) groups excluding carboxylic acids is 1. The van der Waals surface area contributed by atoms with Crippen LogP contribution in [0.5, 0.6) is 5.75 Å². The van der Waals surface area contributed by atoms with Gasteiger partial charge in [-0.2, -0.15) is 0 Å². The topological polar surface area (TPSA) is 95.9 Å². The second kappa shape index (κ2) is 7.28. The van der Waals surface area contributed by atoms with Gasteiger partial charge < -0.3 is 20.3 Å². The molecular formula is C14H18ClNO5. The van der Waals surface area contributed by atoms with Crippen molar-refractivity contribution >= 4 is 23.5 Å². The SMILES string of the molecule is CCOc1c(Cl)cccc1CC(=O)NCC(C)(O)C(=O)O. The van der Waals surface area contributed by atoms with E-state index in [1.807, 2.05) is 0 Å². The molecule has 0 aliphatic rings. The number of para-hydroxylation sites is 1. The summed E-state index contributed by atoms with van der Waals surface area (Å²) < 4.78 is 5.40. The summed E-state index contributed by atoms with van der Waals surface area (Å²) in [6.45, 7) is 2.94. The highest BCUT2D eigenvalue weighted by Crippen LogP contribution is 2.29. The van der Waals surface area contributed by atoms with Crippen molar-refractivity contribution in [3.05, 3.63) is 28.8 Å². The van der Waals surface area contributed by atoms with Crippen LogP contribution in [-0.4, -0.2) is 40.8 Å². The first-order chi connectivity index (χ1) is 9.77. The van der Waals surface area contributed by atoms with Gasteiger partial charge in [0.2, 0.25) is 5.91 Å². The maximum absolute atomic E-state index is 11.8. The van der Waals surface area contributed by atoms with Gasteiger partial charge in [-0.1, -0.05) is 23.7 Å². The highest BCUT2D eigenvalue weighted by Gasteiger charge is 2.30. The van der Waals surface area contributed by atoms with Crippen molar-refractivity contribution in [2.24, 2.45) is 0 Å². The maximum Gasteiger partial charge on any atom is 0.337 e. The summed E-state index contributed by atoms with van der Waals surface area (Å²) in [5.74, 6) is -1.40. The summed E-state index contributed by atoms with van der Waals surface area (Å²) in [5, 5.41) is 21.1. The minimum Gasteiger partial charge on any atom is -0.492 e. The standard InChI is InChI=1S/C14H18ClNO5/c1-3-21-12-9(5-4-6-10(12)15)7-11(17)16-8-14(2,20)13(18)19/h4-6,20H,3,7-8H2,1-2H3,(H,16,17)(H,18,19). The van der Waals surface area contributed by atoms with Gasteiger partial charge >= 0.3 is 5.97 Å². The summed E-state index contributed by atoms with van der Waals surface area (Å²) in [6.07, 6.45) is -0.0222. The van der Waals surface area contributed by atoms with Gasteiger partial charge in [-0.3, -0.25) is 4.79 Å². The summed E-state index contributed by atoms with van der Waals surface area (Å²) in [5.41, 5.74) is -1.41. The molecule has 0 fully saturated rings. The largest absolute Gasteiger partial charge is 0.492 e. The van der Waals surface area contributed by atoms with Crippen LogP contribution in [0.1, 0.15) is 19.4 Å². The van der Waals surface area contributed by atoms with Gasteiger partial charge in [0.15, 0.2) is 5.60 Å². The number of carboxylic acids is 1. The van der Waals surface area contributed by atoms with Gasteiger partial charge in [0.25, 0.3) is 0 Å². The van der Waals surface area contributed by atoms with E-state index >= 15 is 0 Å². The minimum atomic E-state index is -2.01. The first kappa shape index (κ1) is 17.3. The molecule has 1 rings (SSSR count). The minimum absolute atomic E-state index is 0.0222. The van der Waals surface area contributed by atoms with Crippen LogP contribution in [0.4, 0.5) is 0 Å². The summed E-state index contributed by atoms with van der Waals surface area (Å²) >= 11 is 6.01. The Hall–Kier alpha value is -1.79. The van der Waals surface area contributed by atoms with Crippen molar-refractivity contribution in [2.45, 2.75) is 25.9 Å². The van der Waals surface area contributed by atoms with E-state index in [2.05, 4.69) is 5.32 Å². The molecule has 0 bridgehead atoms. The molecule has 0 saturated carbocycles. The zero-order chi connectivity index (χ0) is 16.0. The van der Waals surface area contributed by atoms with Crippen molar-refractivity contribution in [3.8, 4) is 5.75 Å². The number of ether oxygens (including phenoxy) is 1. The second-order valence-corrected chi connectivity index (χ2v) is 5.10. The second-order valence-electron chi connectivity index (χ2n) is 4.69. The lowest BCUT2D eigenvalue weighted by Gasteiger charge is -2.18. The van der Waals surface area contributed by atoms with Crippen LogP contribution >= 0.6 is 11.6 Å². The zero-order valence-corrected chi connectivity index (χ0v) is 12.6. The third-order valence-electron chi connectivity index (χ3n) is 2.78. The lowest BCUT2D eigenvalue weighted by Crippen LogP contribution is -2.46. The molecule has 7 heteroatoms. The lowest BCUT2D eigenvalue weighted by molar-refractivity contribution is -0.156. The van der Waals surface area contributed by atoms with E-state index in [1.54, 1.807) is 25.1 Å². The molecular weight excluding hydrogens is 298 g/mol. The predicted molar refractivity (Wildman–Crippen MR) is 77.6 cm³/mol. The van der Waals surface area contributed by atoms with Gasteiger partial charge in [0, 0.05) is 5.56 Å². The van der Waals surface area contributed by atoms with Gasteiger partial charge in [-0.15, -0.1) is 0 Å². The average molecular weight is 316 g/mol. The number of hydrogen-bond acceptors (Lipinski definition) is 4. The van der Waals surface area contributed by atoms with E-state index in [-0.39, 0.29) is 13.0 Å². The van der Waals surface area contributed by atoms with Gasteiger partial charge in [-0.05, 0) is 19.9 Å². The molecule has 1 unspecified atom stereocenters. The Morgan fingerprint density at radius 2 is 2.10 bits per heavy atom. The van der Waals surface area contributed by atoms with Crippen molar-refractivity contribution in [2.75, 3.05) is 13.2 Å². The summed E-state index contributed by atoms with van der Waals surface area (Å²) in [6, 6.07) is 5.05. The van der Waals surface area contributed by atoms with Crippen LogP contribution in [-0.2, 0) is 16.0 Å². The Bertz CT molecular complexity index is 530. The number of rotatable bonds is 7. The Morgan fingerprint density at radius 1 is 1.43 bits per heavy atom. The third-order valence-corrected chi connectivity index (χ3v) is 3.08. The fourth-order valence-electron chi connectivity index (χ4n) is 1.58. The third kappa shape index (κ3) is 4.91. The van der Waals surface area contributed by atoms with Crippen LogP contribution in [0.15, 0.2) is 18.2 Å². The fraction of sp³-hybridized carbons (Fsp3) is 0.429. The number of aliphatic hydroxyl groups is 1. The normalized spacial score (nSPS) is 13.3. The van der Waals surface area contributed by atoms with Crippen LogP contribution in [0.3, 0.4) is 0 Å². The van der Waals surface area contributed by atoms with Crippen molar-refractivity contribution in [3.63, 3.8) is 0 Å². The Kier molecular flexibility index (Phi) is 5.99. The molecule has 0 aromatic heterocycles. The molecule has 0 heterocycles. The van der Waals surface area contributed by atoms with E-state index in [0.29, 0.717) is 22.9 Å². The van der Waals surface area contributed by atoms with E-state index in [0.717, 1.165) is 6.92 Å². The molecule has 21 heavy (non-hydrogen) atoms. The van der Waals surface area contributed by atoms with Crippen molar-refractivity contribution in [1.82, 2.24) is 5.32 Å². The first-order valence-electron chi connectivity index (χ1n) is 6.40. The van der Waals surface area contributed by atoms with E-state index in [4.69, 9.17) is 21.4 Å². The van der Waals surface area contributed by atoms with E-state index in [9.17, 15) is 14.7 Å². The Balaban J connectivity index is 2.72. The first-order valence-corrected chi connectivity index (χ1v) is 6.78. The molecule has 1 amide bonds. The lowest BCUT2D eigenvalue weighted by atomic mass is 10.1. The summed E-state index contributed by atoms with van der Waals surface area (Å²) in [4.78, 5) is 22.6. The number of carboxylic acid groups (broad SMARTS) is 1. The maximum atomic E-state index is 11.8. The Morgan fingerprint density at radius 3 is 2.67 bits per heavy atom. The molecule has 1 aromatic rings. The summed E-state index contributed by atoms with van der Waals surface area (Å²) in [7, 11) is 0. The quantitative estimate of drug-likeness (QED) is 0.703. The molecule has 1 atom stereocenters. The molecule has 0 aliphatic carbocycles. The molecule has 1 aromatic carbocycles. The molecule has 0 spiro atoms. The van der Waals surface area contributed by atoms with Crippen molar-refractivity contribution < 1.29 is 24.5 Å². The molecule has 0 aliphatic heterocycles. The molecule has 116 valence electrons. The fourth-order valence-corrected chi connectivity index (χ4v) is 1.83. The number of aliphatic carboxylic acids is 1. The molecule has 0 radical (unpaired) electrons.